The summed E-state index contributed by atoms with van der Waals surface area (Å²) in [5.41, 5.74) is 0.818. The molecule has 1 heterocycles. The van der Waals surface area contributed by atoms with Crippen LogP contribution in [0.15, 0.2) is 41.0 Å². The molecular formula is C14H13Cl2NO2. The number of hydrogen-bond acceptors (Lipinski definition) is 2. The average molecular weight is 298 g/mol. The number of rotatable bonds is 4. The van der Waals surface area contributed by atoms with E-state index in [-0.39, 0.29) is 18.4 Å². The molecule has 1 atom stereocenters. The molecule has 0 aliphatic rings. The molecule has 0 fully saturated rings. The highest BCUT2D eigenvalue weighted by Crippen LogP contribution is 2.23. The third-order valence-electron chi connectivity index (χ3n) is 2.70. The highest BCUT2D eigenvalue weighted by molar-refractivity contribution is 6.42. The first-order chi connectivity index (χ1) is 9.06. The Morgan fingerprint density at radius 3 is 2.74 bits per heavy atom. The molecule has 3 nitrogen and oxygen atoms in total. The van der Waals surface area contributed by atoms with E-state index in [2.05, 4.69) is 5.32 Å². The summed E-state index contributed by atoms with van der Waals surface area (Å²) in [6.45, 7) is 1.87. The molecule has 19 heavy (non-hydrogen) atoms. The summed E-state index contributed by atoms with van der Waals surface area (Å²) in [4.78, 5) is 11.9. The smallest absolute Gasteiger partial charge is 0.224 e. The van der Waals surface area contributed by atoms with Crippen molar-refractivity contribution >= 4 is 29.1 Å². The van der Waals surface area contributed by atoms with E-state index < -0.39 is 0 Å². The van der Waals surface area contributed by atoms with E-state index in [4.69, 9.17) is 27.6 Å². The maximum Gasteiger partial charge on any atom is 0.224 e. The summed E-state index contributed by atoms with van der Waals surface area (Å²) in [6.07, 6.45) is 1.83. The van der Waals surface area contributed by atoms with E-state index in [1.165, 1.54) is 0 Å². The maximum atomic E-state index is 11.9. The number of amides is 1. The molecule has 0 unspecified atom stereocenters. The molecule has 1 amide bonds. The van der Waals surface area contributed by atoms with E-state index in [1.807, 2.05) is 13.0 Å². The van der Waals surface area contributed by atoms with E-state index >= 15 is 0 Å². The van der Waals surface area contributed by atoms with E-state index in [0.29, 0.717) is 10.0 Å². The molecule has 100 valence electrons. The standard InChI is InChI=1S/C14H13Cl2NO2/c1-9(13-3-2-6-19-13)17-14(18)8-10-4-5-11(15)12(16)7-10/h2-7,9H,8H2,1H3,(H,17,18)/t9-/m0/s1. The Kier molecular flexibility index (Phi) is 4.51. The van der Waals surface area contributed by atoms with Gasteiger partial charge in [0.05, 0.1) is 28.8 Å². The highest BCUT2D eigenvalue weighted by Gasteiger charge is 2.12. The molecule has 1 aromatic carbocycles. The van der Waals surface area contributed by atoms with Crippen LogP contribution in [-0.4, -0.2) is 5.91 Å². The van der Waals surface area contributed by atoms with Crippen LogP contribution in [0.5, 0.6) is 0 Å². The third-order valence-corrected chi connectivity index (χ3v) is 3.44. The first-order valence-corrected chi connectivity index (χ1v) is 6.58. The van der Waals surface area contributed by atoms with Crippen LogP contribution in [0.3, 0.4) is 0 Å². The zero-order valence-corrected chi connectivity index (χ0v) is 11.8. The minimum absolute atomic E-state index is 0.0951. The predicted molar refractivity (Wildman–Crippen MR) is 75.4 cm³/mol. The van der Waals surface area contributed by atoms with Crippen molar-refractivity contribution in [2.45, 2.75) is 19.4 Å². The third kappa shape index (κ3) is 3.75. The van der Waals surface area contributed by atoms with Gasteiger partial charge >= 0.3 is 0 Å². The minimum atomic E-state index is -0.162. The Balaban J connectivity index is 1.95. The molecule has 0 spiro atoms. The van der Waals surface area contributed by atoms with Crippen LogP contribution >= 0.6 is 23.2 Å². The van der Waals surface area contributed by atoms with Gasteiger partial charge < -0.3 is 9.73 Å². The molecule has 0 aliphatic heterocycles. The quantitative estimate of drug-likeness (QED) is 0.926. The van der Waals surface area contributed by atoms with Crippen LogP contribution < -0.4 is 5.32 Å². The topological polar surface area (TPSA) is 42.2 Å². The largest absolute Gasteiger partial charge is 0.467 e. The Bertz CT molecular complexity index is 567. The van der Waals surface area contributed by atoms with Gasteiger partial charge in [-0.1, -0.05) is 29.3 Å². The SMILES string of the molecule is C[C@H](NC(=O)Cc1ccc(Cl)c(Cl)c1)c1ccco1. The molecule has 1 aromatic heterocycles. The number of benzene rings is 1. The molecule has 0 aliphatic carbocycles. The van der Waals surface area contributed by atoms with Crippen molar-refractivity contribution in [1.82, 2.24) is 5.32 Å². The summed E-state index contributed by atoms with van der Waals surface area (Å²) in [7, 11) is 0. The van der Waals surface area contributed by atoms with Gasteiger partial charge in [-0.25, -0.2) is 0 Å². The number of carbonyl (C=O) groups excluding carboxylic acids is 1. The van der Waals surface area contributed by atoms with Crippen molar-refractivity contribution in [3.8, 4) is 0 Å². The number of carbonyl (C=O) groups is 1. The summed E-state index contributed by atoms with van der Waals surface area (Å²) in [5.74, 6) is 0.629. The van der Waals surface area contributed by atoms with Crippen molar-refractivity contribution in [1.29, 1.82) is 0 Å². The van der Waals surface area contributed by atoms with Crippen molar-refractivity contribution in [2.24, 2.45) is 0 Å². The van der Waals surface area contributed by atoms with Crippen molar-refractivity contribution in [3.63, 3.8) is 0 Å². The van der Waals surface area contributed by atoms with Crippen LogP contribution in [-0.2, 0) is 11.2 Å². The lowest BCUT2D eigenvalue weighted by Crippen LogP contribution is -2.27. The van der Waals surface area contributed by atoms with E-state index in [9.17, 15) is 4.79 Å². The molecule has 0 saturated carbocycles. The van der Waals surface area contributed by atoms with Crippen molar-refractivity contribution in [3.05, 3.63) is 58.0 Å². The summed E-state index contributed by atoms with van der Waals surface area (Å²) in [6, 6.07) is 8.61. The minimum Gasteiger partial charge on any atom is -0.467 e. The van der Waals surface area contributed by atoms with Gasteiger partial charge in [0.1, 0.15) is 5.76 Å². The number of hydrogen-bond donors (Lipinski definition) is 1. The fourth-order valence-electron chi connectivity index (χ4n) is 1.74. The molecule has 0 bridgehead atoms. The fraction of sp³-hybridized carbons (Fsp3) is 0.214. The molecule has 5 heteroatoms. The van der Waals surface area contributed by atoms with Crippen LogP contribution in [0.2, 0.25) is 10.0 Å². The first kappa shape index (κ1) is 14.0. The second kappa shape index (κ2) is 6.13. The summed E-state index contributed by atoms with van der Waals surface area (Å²) < 4.78 is 5.23. The van der Waals surface area contributed by atoms with Gasteiger partial charge in [0, 0.05) is 0 Å². The number of nitrogens with one attached hydrogen (secondary N) is 1. The van der Waals surface area contributed by atoms with Gasteiger partial charge in [-0.3, -0.25) is 4.79 Å². The molecular weight excluding hydrogens is 285 g/mol. The lowest BCUT2D eigenvalue weighted by atomic mass is 10.1. The van der Waals surface area contributed by atoms with Gasteiger partial charge in [-0.15, -0.1) is 0 Å². The first-order valence-electron chi connectivity index (χ1n) is 5.83. The predicted octanol–water partition coefficient (Wildman–Crippen LogP) is 4.01. The van der Waals surface area contributed by atoms with Gasteiger partial charge in [0.15, 0.2) is 0 Å². The number of halogens is 2. The normalized spacial score (nSPS) is 12.2. The van der Waals surface area contributed by atoms with Gasteiger partial charge in [0.2, 0.25) is 5.91 Å². The van der Waals surface area contributed by atoms with E-state index in [1.54, 1.807) is 30.5 Å². The zero-order valence-electron chi connectivity index (χ0n) is 10.3. The Morgan fingerprint density at radius 1 is 1.32 bits per heavy atom. The van der Waals surface area contributed by atoms with Crippen LogP contribution in [0, 0.1) is 0 Å². The zero-order chi connectivity index (χ0) is 13.8. The van der Waals surface area contributed by atoms with Gasteiger partial charge in [-0.05, 0) is 36.8 Å². The lowest BCUT2D eigenvalue weighted by molar-refractivity contribution is -0.121. The molecule has 0 radical (unpaired) electrons. The second-order valence-electron chi connectivity index (χ2n) is 4.23. The summed E-state index contributed by atoms with van der Waals surface area (Å²) >= 11 is 11.7. The molecule has 2 rings (SSSR count). The number of furan rings is 1. The van der Waals surface area contributed by atoms with Crippen molar-refractivity contribution in [2.75, 3.05) is 0 Å². The Hall–Kier alpha value is -1.45. The van der Waals surface area contributed by atoms with Crippen LogP contribution in [0.1, 0.15) is 24.3 Å². The Labute approximate surface area is 121 Å². The highest BCUT2D eigenvalue weighted by atomic mass is 35.5. The van der Waals surface area contributed by atoms with Crippen LogP contribution in [0.25, 0.3) is 0 Å². The fourth-order valence-corrected chi connectivity index (χ4v) is 2.06. The molecule has 0 saturated heterocycles. The Morgan fingerprint density at radius 2 is 2.11 bits per heavy atom. The second-order valence-corrected chi connectivity index (χ2v) is 5.04. The lowest BCUT2D eigenvalue weighted by Gasteiger charge is -2.11. The summed E-state index contributed by atoms with van der Waals surface area (Å²) in [5, 5.41) is 3.79. The van der Waals surface area contributed by atoms with Gasteiger partial charge in [0.25, 0.3) is 0 Å². The van der Waals surface area contributed by atoms with Gasteiger partial charge in [-0.2, -0.15) is 0 Å². The van der Waals surface area contributed by atoms with Crippen LogP contribution in [0.4, 0.5) is 0 Å². The maximum absolute atomic E-state index is 11.9. The average Bonchev–Trinajstić information content (AvgIpc) is 2.87. The van der Waals surface area contributed by atoms with Crippen molar-refractivity contribution < 1.29 is 9.21 Å². The molecule has 1 N–H and O–H groups in total. The molecule has 2 aromatic rings. The monoisotopic (exact) mass is 297 g/mol. The van der Waals surface area contributed by atoms with E-state index in [0.717, 1.165) is 11.3 Å².